The zero-order valence-electron chi connectivity index (χ0n) is 11.0. The largest absolute Gasteiger partial charge is 0.493 e. The minimum Gasteiger partial charge on any atom is -0.493 e. The Morgan fingerprint density at radius 3 is 2.76 bits per heavy atom. The van der Waals surface area contributed by atoms with E-state index in [-0.39, 0.29) is 23.9 Å². The molecule has 0 unspecified atom stereocenters. The summed E-state index contributed by atoms with van der Waals surface area (Å²) in [5, 5.41) is 18.1. The van der Waals surface area contributed by atoms with Crippen molar-refractivity contribution in [3.8, 4) is 5.88 Å². The standard InChI is InChI=1S/C15H12N4O2/c20-13(9-10-5-7-16-8-6-10)18-19-14-11-3-1-2-4-12(11)17-15(14)21/h1-8,17,21H,9H2. The molecule has 0 fully saturated rings. The van der Waals surface area contributed by atoms with E-state index in [0.29, 0.717) is 0 Å². The number of aromatic amines is 1. The molecule has 0 saturated carbocycles. The first kappa shape index (κ1) is 13.0. The summed E-state index contributed by atoms with van der Waals surface area (Å²) in [7, 11) is 0. The quantitative estimate of drug-likeness (QED) is 0.722. The lowest BCUT2D eigenvalue weighted by molar-refractivity contribution is -0.117. The summed E-state index contributed by atoms with van der Waals surface area (Å²) in [5.74, 6) is -0.484. The first-order valence-electron chi connectivity index (χ1n) is 6.37. The molecular formula is C15H12N4O2. The Labute approximate surface area is 120 Å². The lowest BCUT2D eigenvalue weighted by Crippen LogP contribution is -1.97. The molecule has 2 heterocycles. The van der Waals surface area contributed by atoms with Crippen LogP contribution < -0.4 is 0 Å². The van der Waals surface area contributed by atoms with Crippen molar-refractivity contribution in [3.05, 3.63) is 54.4 Å². The lowest BCUT2D eigenvalue weighted by Gasteiger charge is -1.95. The second-order valence-electron chi connectivity index (χ2n) is 4.49. The van der Waals surface area contributed by atoms with Gasteiger partial charge in [0.05, 0.1) is 11.9 Å². The van der Waals surface area contributed by atoms with Crippen molar-refractivity contribution >= 4 is 22.5 Å². The lowest BCUT2D eigenvalue weighted by atomic mass is 10.2. The van der Waals surface area contributed by atoms with Gasteiger partial charge in [-0.3, -0.25) is 9.78 Å². The van der Waals surface area contributed by atoms with Crippen LogP contribution in [0.25, 0.3) is 10.9 Å². The molecule has 0 radical (unpaired) electrons. The Morgan fingerprint density at radius 2 is 1.95 bits per heavy atom. The third kappa shape index (κ3) is 2.79. The highest BCUT2D eigenvalue weighted by Crippen LogP contribution is 2.35. The van der Waals surface area contributed by atoms with E-state index in [1.807, 2.05) is 18.2 Å². The van der Waals surface area contributed by atoms with E-state index >= 15 is 0 Å². The van der Waals surface area contributed by atoms with E-state index in [2.05, 4.69) is 20.2 Å². The first-order chi connectivity index (χ1) is 10.2. The summed E-state index contributed by atoms with van der Waals surface area (Å²) in [5.41, 5.74) is 1.83. The van der Waals surface area contributed by atoms with E-state index in [1.54, 1.807) is 30.6 Å². The molecule has 21 heavy (non-hydrogen) atoms. The van der Waals surface area contributed by atoms with Gasteiger partial charge in [0, 0.05) is 17.8 Å². The van der Waals surface area contributed by atoms with Crippen LogP contribution in [0.15, 0.2) is 59.0 Å². The number of aromatic hydroxyl groups is 1. The first-order valence-corrected chi connectivity index (χ1v) is 6.37. The molecule has 0 spiro atoms. The van der Waals surface area contributed by atoms with Gasteiger partial charge < -0.3 is 10.1 Å². The molecule has 6 nitrogen and oxygen atoms in total. The number of hydrogen-bond acceptors (Lipinski definition) is 4. The Morgan fingerprint density at radius 1 is 1.19 bits per heavy atom. The predicted molar refractivity (Wildman–Crippen MR) is 77.4 cm³/mol. The minimum absolute atomic E-state index is 0.100. The number of carbonyl (C=O) groups is 1. The second kappa shape index (κ2) is 5.54. The number of benzene rings is 1. The molecule has 2 N–H and O–H groups in total. The van der Waals surface area contributed by atoms with Gasteiger partial charge in [0.15, 0.2) is 5.69 Å². The molecular weight excluding hydrogens is 268 g/mol. The molecule has 3 aromatic rings. The molecule has 1 aromatic carbocycles. The number of nitrogens with zero attached hydrogens (tertiary/aromatic N) is 3. The number of azo groups is 1. The highest BCUT2D eigenvalue weighted by atomic mass is 16.3. The number of para-hydroxylation sites is 1. The molecule has 1 amide bonds. The minimum atomic E-state index is -0.383. The van der Waals surface area contributed by atoms with Gasteiger partial charge in [0.1, 0.15) is 0 Å². The molecule has 2 aromatic heterocycles. The van der Waals surface area contributed by atoms with Crippen LogP contribution in [0.1, 0.15) is 5.56 Å². The van der Waals surface area contributed by atoms with Crippen molar-refractivity contribution < 1.29 is 9.90 Å². The van der Waals surface area contributed by atoms with E-state index in [9.17, 15) is 9.90 Å². The van der Waals surface area contributed by atoms with Crippen LogP contribution in [0, 0.1) is 0 Å². The maximum Gasteiger partial charge on any atom is 0.269 e. The number of rotatable bonds is 3. The molecule has 0 bridgehead atoms. The number of hydrogen-bond donors (Lipinski definition) is 2. The van der Waals surface area contributed by atoms with Crippen LogP contribution in [0.5, 0.6) is 5.88 Å². The summed E-state index contributed by atoms with van der Waals surface area (Å²) in [6, 6.07) is 10.8. The van der Waals surface area contributed by atoms with Crippen molar-refractivity contribution in [1.82, 2.24) is 9.97 Å². The van der Waals surface area contributed by atoms with E-state index in [1.165, 1.54) is 0 Å². The normalized spacial score (nSPS) is 11.2. The topological polar surface area (TPSA) is 90.7 Å². The van der Waals surface area contributed by atoms with Crippen LogP contribution in [0.2, 0.25) is 0 Å². The number of nitrogens with one attached hydrogen (secondary N) is 1. The number of fused-ring (bicyclic) bond motifs is 1. The monoisotopic (exact) mass is 280 g/mol. The van der Waals surface area contributed by atoms with Crippen LogP contribution in [-0.2, 0) is 11.2 Å². The van der Waals surface area contributed by atoms with Crippen LogP contribution in [-0.4, -0.2) is 21.0 Å². The number of aromatic nitrogens is 2. The Balaban J connectivity index is 1.81. The van der Waals surface area contributed by atoms with E-state index in [0.717, 1.165) is 16.5 Å². The fraction of sp³-hybridized carbons (Fsp3) is 0.0667. The fourth-order valence-electron chi connectivity index (χ4n) is 2.03. The number of amides is 1. The van der Waals surface area contributed by atoms with Gasteiger partial charge in [0.2, 0.25) is 5.88 Å². The number of pyridine rings is 1. The summed E-state index contributed by atoms with van der Waals surface area (Å²) in [4.78, 5) is 18.4. The maximum absolute atomic E-state index is 11.8. The van der Waals surface area contributed by atoms with E-state index in [4.69, 9.17) is 0 Å². The molecule has 104 valence electrons. The smallest absolute Gasteiger partial charge is 0.269 e. The Hall–Kier alpha value is -3.02. The van der Waals surface area contributed by atoms with Crippen molar-refractivity contribution in [2.75, 3.05) is 0 Å². The van der Waals surface area contributed by atoms with Gasteiger partial charge in [-0.1, -0.05) is 18.2 Å². The fourth-order valence-corrected chi connectivity index (χ4v) is 2.03. The highest BCUT2D eigenvalue weighted by Gasteiger charge is 2.10. The highest BCUT2D eigenvalue weighted by molar-refractivity contribution is 5.94. The maximum atomic E-state index is 11.8. The van der Waals surface area contributed by atoms with Crippen LogP contribution in [0.3, 0.4) is 0 Å². The summed E-state index contributed by atoms with van der Waals surface area (Å²) in [6.45, 7) is 0. The zero-order valence-corrected chi connectivity index (χ0v) is 11.0. The Kier molecular flexibility index (Phi) is 3.42. The molecule has 3 rings (SSSR count). The van der Waals surface area contributed by atoms with Crippen LogP contribution >= 0.6 is 0 Å². The van der Waals surface area contributed by atoms with E-state index < -0.39 is 0 Å². The zero-order chi connectivity index (χ0) is 14.7. The third-order valence-electron chi connectivity index (χ3n) is 3.03. The number of H-pyrrole nitrogens is 1. The van der Waals surface area contributed by atoms with Gasteiger partial charge in [-0.2, -0.15) is 0 Å². The van der Waals surface area contributed by atoms with Gasteiger partial charge in [-0.25, -0.2) is 0 Å². The molecule has 0 atom stereocenters. The average Bonchev–Trinajstić information content (AvgIpc) is 2.81. The molecule has 0 aliphatic carbocycles. The predicted octanol–water partition coefficient (Wildman–Crippen LogP) is 3.12. The molecule has 0 aliphatic rings. The SMILES string of the molecule is O=C(Cc1ccncc1)N=Nc1c(O)[nH]c2ccccc12. The molecule has 0 saturated heterocycles. The van der Waals surface area contributed by atoms with Crippen LogP contribution in [0.4, 0.5) is 5.69 Å². The summed E-state index contributed by atoms with van der Waals surface area (Å²) < 4.78 is 0. The van der Waals surface area contributed by atoms with Crippen molar-refractivity contribution in [2.45, 2.75) is 6.42 Å². The Bertz CT molecular complexity index is 809. The summed E-state index contributed by atoms with van der Waals surface area (Å²) in [6.07, 6.45) is 3.38. The van der Waals surface area contributed by atoms with Crippen molar-refractivity contribution in [2.24, 2.45) is 10.2 Å². The van der Waals surface area contributed by atoms with Gasteiger partial charge >= 0.3 is 0 Å². The van der Waals surface area contributed by atoms with Crippen molar-refractivity contribution in [3.63, 3.8) is 0 Å². The number of carbonyl (C=O) groups excluding carboxylic acids is 1. The van der Waals surface area contributed by atoms with Crippen molar-refractivity contribution in [1.29, 1.82) is 0 Å². The average molecular weight is 280 g/mol. The molecule has 6 heteroatoms. The second-order valence-corrected chi connectivity index (χ2v) is 4.49. The van der Waals surface area contributed by atoms with Gasteiger partial charge in [0.25, 0.3) is 5.91 Å². The summed E-state index contributed by atoms with van der Waals surface area (Å²) >= 11 is 0. The third-order valence-corrected chi connectivity index (χ3v) is 3.03. The van der Waals surface area contributed by atoms with Gasteiger partial charge in [-0.15, -0.1) is 10.2 Å². The molecule has 0 aliphatic heterocycles. The van der Waals surface area contributed by atoms with Gasteiger partial charge in [-0.05, 0) is 23.8 Å².